The molecule has 0 aliphatic carbocycles. The van der Waals surface area contributed by atoms with Crippen LogP contribution in [-0.4, -0.2) is 54.3 Å². The van der Waals surface area contributed by atoms with E-state index in [0.29, 0.717) is 26.2 Å². The van der Waals surface area contributed by atoms with Crippen LogP contribution in [0, 0.1) is 11.6 Å². The molecule has 0 unspecified atom stereocenters. The zero-order valence-corrected chi connectivity index (χ0v) is 15.8. The Labute approximate surface area is 162 Å². The third kappa shape index (κ3) is 4.92. The molecule has 1 N–H and O–H groups in total. The van der Waals surface area contributed by atoms with Crippen LogP contribution in [0.2, 0.25) is 0 Å². The molecule has 0 atom stereocenters. The first-order valence-corrected chi connectivity index (χ1v) is 9.31. The number of carbonyl (C=O) groups is 2. The van der Waals surface area contributed by atoms with Gasteiger partial charge in [-0.25, -0.2) is 8.78 Å². The highest BCUT2D eigenvalue weighted by Gasteiger charge is 2.24. The molecule has 28 heavy (non-hydrogen) atoms. The fraction of sp³-hybridized carbons (Fsp3) is 0.333. The van der Waals surface area contributed by atoms with Crippen LogP contribution in [0.4, 0.5) is 14.5 Å². The summed E-state index contributed by atoms with van der Waals surface area (Å²) in [7, 11) is 0. The number of para-hydroxylation sites is 1. The van der Waals surface area contributed by atoms with Crippen molar-refractivity contribution in [2.24, 2.45) is 0 Å². The fourth-order valence-electron chi connectivity index (χ4n) is 3.31. The number of benzene rings is 2. The molecule has 5 nitrogen and oxygen atoms in total. The van der Waals surface area contributed by atoms with E-state index in [4.69, 9.17) is 0 Å². The molecule has 0 bridgehead atoms. The van der Waals surface area contributed by atoms with Gasteiger partial charge in [-0.2, -0.15) is 0 Å². The van der Waals surface area contributed by atoms with E-state index in [2.05, 4.69) is 5.32 Å². The maximum absolute atomic E-state index is 13.3. The zero-order chi connectivity index (χ0) is 20.1. The van der Waals surface area contributed by atoms with Gasteiger partial charge in [0.15, 0.2) is 0 Å². The molecule has 1 saturated heterocycles. The van der Waals surface area contributed by atoms with Crippen molar-refractivity contribution in [3.05, 3.63) is 65.2 Å². The van der Waals surface area contributed by atoms with E-state index in [1.165, 1.54) is 0 Å². The highest BCUT2D eigenvalue weighted by atomic mass is 19.1. The molecule has 0 spiro atoms. The van der Waals surface area contributed by atoms with E-state index in [0.717, 1.165) is 35.9 Å². The van der Waals surface area contributed by atoms with E-state index in [9.17, 15) is 18.4 Å². The van der Waals surface area contributed by atoms with Gasteiger partial charge in [-0.05, 0) is 30.2 Å². The van der Waals surface area contributed by atoms with Crippen molar-refractivity contribution in [3.63, 3.8) is 0 Å². The second kappa shape index (κ2) is 8.93. The lowest BCUT2D eigenvalue weighted by Crippen LogP contribution is -2.50. The summed E-state index contributed by atoms with van der Waals surface area (Å²) < 4.78 is 26.7. The minimum Gasteiger partial charge on any atom is -0.336 e. The summed E-state index contributed by atoms with van der Waals surface area (Å²) in [5.41, 5.74) is 1.89. The van der Waals surface area contributed by atoms with Crippen molar-refractivity contribution < 1.29 is 18.4 Å². The first-order chi connectivity index (χ1) is 13.5. The van der Waals surface area contributed by atoms with Crippen LogP contribution < -0.4 is 5.32 Å². The number of halogens is 2. The maximum Gasteiger partial charge on any atom is 0.254 e. The van der Waals surface area contributed by atoms with Gasteiger partial charge < -0.3 is 10.2 Å². The number of carbonyl (C=O) groups excluding carboxylic acids is 2. The van der Waals surface area contributed by atoms with Crippen molar-refractivity contribution in [2.75, 3.05) is 38.0 Å². The molecule has 1 aliphatic rings. The molecule has 3 rings (SSSR count). The third-order valence-corrected chi connectivity index (χ3v) is 4.81. The molecule has 2 aromatic rings. The molecule has 0 saturated carbocycles. The van der Waals surface area contributed by atoms with Crippen LogP contribution in [-0.2, 0) is 11.2 Å². The Morgan fingerprint density at radius 1 is 1.00 bits per heavy atom. The Bertz CT molecular complexity index is 844. The molecule has 1 fully saturated rings. The first-order valence-electron chi connectivity index (χ1n) is 9.31. The molecule has 1 heterocycles. The number of anilines is 1. The Kier molecular flexibility index (Phi) is 6.36. The molecule has 2 aromatic carbocycles. The van der Waals surface area contributed by atoms with E-state index >= 15 is 0 Å². The average molecular weight is 387 g/mol. The van der Waals surface area contributed by atoms with E-state index in [1.807, 2.05) is 36.1 Å². The number of hydrogen-bond acceptors (Lipinski definition) is 3. The lowest BCUT2D eigenvalue weighted by molar-refractivity contribution is -0.117. The third-order valence-electron chi connectivity index (χ3n) is 4.81. The van der Waals surface area contributed by atoms with Crippen molar-refractivity contribution in [2.45, 2.75) is 13.3 Å². The zero-order valence-electron chi connectivity index (χ0n) is 15.8. The second-order valence-electron chi connectivity index (χ2n) is 6.79. The monoisotopic (exact) mass is 387 g/mol. The molecular formula is C21H23F2N3O2. The molecular weight excluding hydrogens is 364 g/mol. The lowest BCUT2D eigenvalue weighted by Gasteiger charge is -2.34. The molecule has 7 heteroatoms. The number of piperazine rings is 1. The quantitative estimate of drug-likeness (QED) is 0.858. The highest BCUT2D eigenvalue weighted by Crippen LogP contribution is 2.16. The van der Waals surface area contributed by atoms with Crippen LogP contribution in [0.5, 0.6) is 0 Å². The summed E-state index contributed by atoms with van der Waals surface area (Å²) in [5, 5.41) is 2.94. The summed E-state index contributed by atoms with van der Waals surface area (Å²) in [6.07, 6.45) is 0.831. The Morgan fingerprint density at radius 3 is 2.29 bits per heavy atom. The number of nitrogens with one attached hydrogen (secondary N) is 1. The molecule has 0 radical (unpaired) electrons. The van der Waals surface area contributed by atoms with Crippen LogP contribution >= 0.6 is 0 Å². The minimum absolute atomic E-state index is 0.000124. The van der Waals surface area contributed by atoms with Gasteiger partial charge in [-0.3, -0.25) is 14.5 Å². The van der Waals surface area contributed by atoms with Gasteiger partial charge >= 0.3 is 0 Å². The topological polar surface area (TPSA) is 52.7 Å². The maximum atomic E-state index is 13.3. The largest absolute Gasteiger partial charge is 0.336 e. The van der Waals surface area contributed by atoms with E-state index in [-0.39, 0.29) is 18.0 Å². The second-order valence-corrected chi connectivity index (χ2v) is 6.79. The SMILES string of the molecule is CCc1ccccc1NC(=O)CN1CCN(C(=O)c2cc(F)cc(F)c2)CC1. The van der Waals surface area contributed by atoms with Gasteiger partial charge in [-0.1, -0.05) is 25.1 Å². The normalized spacial score (nSPS) is 14.8. The Balaban J connectivity index is 1.52. The van der Waals surface area contributed by atoms with Gasteiger partial charge in [0, 0.05) is 43.5 Å². The van der Waals surface area contributed by atoms with Crippen LogP contribution in [0.1, 0.15) is 22.8 Å². The number of hydrogen-bond donors (Lipinski definition) is 1. The number of rotatable bonds is 5. The van der Waals surface area contributed by atoms with E-state index < -0.39 is 17.5 Å². The van der Waals surface area contributed by atoms with Crippen molar-refractivity contribution in [3.8, 4) is 0 Å². The van der Waals surface area contributed by atoms with Gasteiger partial charge in [0.1, 0.15) is 11.6 Å². The smallest absolute Gasteiger partial charge is 0.254 e. The van der Waals surface area contributed by atoms with Gasteiger partial charge in [0.05, 0.1) is 6.54 Å². The standard InChI is InChI=1S/C21H23F2N3O2/c1-2-15-5-3-4-6-19(15)24-20(27)14-25-7-9-26(10-8-25)21(28)16-11-17(22)13-18(23)12-16/h3-6,11-13H,2,7-10,14H2,1H3,(H,24,27). The highest BCUT2D eigenvalue weighted by molar-refractivity contribution is 5.94. The summed E-state index contributed by atoms with van der Waals surface area (Å²) in [5.74, 6) is -2.05. The molecule has 0 aromatic heterocycles. The van der Waals surface area contributed by atoms with E-state index in [1.54, 1.807) is 4.90 Å². The van der Waals surface area contributed by atoms with Crippen LogP contribution in [0.25, 0.3) is 0 Å². The summed E-state index contributed by atoms with van der Waals surface area (Å²) >= 11 is 0. The van der Waals surface area contributed by atoms with Crippen LogP contribution in [0.15, 0.2) is 42.5 Å². The number of aryl methyl sites for hydroxylation is 1. The van der Waals surface area contributed by atoms with Gasteiger partial charge in [0.25, 0.3) is 5.91 Å². The van der Waals surface area contributed by atoms with Gasteiger partial charge in [0.2, 0.25) is 5.91 Å². The minimum atomic E-state index is -0.772. The fourth-order valence-corrected chi connectivity index (χ4v) is 3.31. The lowest BCUT2D eigenvalue weighted by atomic mass is 10.1. The number of amides is 2. The molecule has 2 amide bonds. The number of nitrogens with zero attached hydrogens (tertiary/aromatic N) is 2. The summed E-state index contributed by atoms with van der Waals surface area (Å²) in [6, 6.07) is 10.5. The van der Waals surface area contributed by atoms with Crippen molar-refractivity contribution in [1.82, 2.24) is 9.80 Å². The predicted octanol–water partition coefficient (Wildman–Crippen LogP) is 2.92. The van der Waals surface area contributed by atoms with Gasteiger partial charge in [-0.15, -0.1) is 0 Å². The first kappa shape index (κ1) is 19.9. The Morgan fingerprint density at radius 2 is 1.64 bits per heavy atom. The molecule has 148 valence electrons. The van der Waals surface area contributed by atoms with Crippen molar-refractivity contribution in [1.29, 1.82) is 0 Å². The average Bonchev–Trinajstić information content (AvgIpc) is 2.67. The summed E-state index contributed by atoms with van der Waals surface area (Å²) in [4.78, 5) is 28.3. The van der Waals surface area contributed by atoms with Crippen LogP contribution in [0.3, 0.4) is 0 Å². The molecule has 1 aliphatic heterocycles. The predicted molar refractivity (Wildman–Crippen MR) is 103 cm³/mol. The summed E-state index contributed by atoms with van der Waals surface area (Å²) in [6.45, 7) is 4.10. The Hall–Kier alpha value is -2.80. The van der Waals surface area contributed by atoms with Crippen molar-refractivity contribution >= 4 is 17.5 Å².